The van der Waals surface area contributed by atoms with Crippen LogP contribution >= 0.6 is 0 Å². The first-order chi connectivity index (χ1) is 12.4. The van der Waals surface area contributed by atoms with E-state index in [1.807, 2.05) is 17.0 Å². The zero-order valence-electron chi connectivity index (χ0n) is 15.0. The predicted octanol–water partition coefficient (Wildman–Crippen LogP) is 3.21. The quantitative estimate of drug-likeness (QED) is 0.843. The molecule has 6 nitrogen and oxygen atoms in total. The lowest BCUT2D eigenvalue weighted by molar-refractivity contribution is -0.118. The number of fused-ring (bicyclic) bond motifs is 1. The summed E-state index contributed by atoms with van der Waals surface area (Å²) in [6, 6.07) is 8.43. The summed E-state index contributed by atoms with van der Waals surface area (Å²) in [5.41, 5.74) is 2.36. The van der Waals surface area contributed by atoms with Gasteiger partial charge in [0.2, 0.25) is 5.91 Å². The number of carbonyl (C=O) groups excluding carboxylic acids is 1. The van der Waals surface area contributed by atoms with Crippen molar-refractivity contribution in [3.8, 4) is 0 Å². The Bertz CT molecular complexity index is 896. The number of sulfonamides is 1. The third-order valence-electron chi connectivity index (χ3n) is 4.41. The molecule has 0 fully saturated rings. The number of anilines is 2. The number of pyridine rings is 1. The van der Waals surface area contributed by atoms with Gasteiger partial charge in [-0.05, 0) is 54.7 Å². The molecular weight excluding hydrogens is 350 g/mol. The number of aromatic nitrogens is 1. The second-order valence-electron chi connectivity index (χ2n) is 6.87. The van der Waals surface area contributed by atoms with E-state index in [1.54, 1.807) is 12.1 Å². The molecule has 1 amide bonds. The van der Waals surface area contributed by atoms with Gasteiger partial charge in [0.25, 0.3) is 10.0 Å². The molecular formula is C19H23N3O3S. The molecule has 0 radical (unpaired) electrons. The number of benzene rings is 1. The molecule has 0 bridgehead atoms. The van der Waals surface area contributed by atoms with Gasteiger partial charge in [-0.15, -0.1) is 0 Å². The molecule has 0 unspecified atom stereocenters. The lowest BCUT2D eigenvalue weighted by Crippen LogP contribution is -2.36. The molecule has 138 valence electrons. The predicted molar refractivity (Wildman–Crippen MR) is 102 cm³/mol. The highest BCUT2D eigenvalue weighted by molar-refractivity contribution is 7.92. The summed E-state index contributed by atoms with van der Waals surface area (Å²) < 4.78 is 27.5. The van der Waals surface area contributed by atoms with E-state index in [4.69, 9.17) is 0 Å². The van der Waals surface area contributed by atoms with Crippen molar-refractivity contribution in [3.05, 3.63) is 48.3 Å². The topological polar surface area (TPSA) is 79.4 Å². The van der Waals surface area contributed by atoms with Gasteiger partial charge >= 0.3 is 0 Å². The van der Waals surface area contributed by atoms with E-state index in [0.29, 0.717) is 31.0 Å². The van der Waals surface area contributed by atoms with Crippen molar-refractivity contribution >= 4 is 27.3 Å². The van der Waals surface area contributed by atoms with Gasteiger partial charge in [0.1, 0.15) is 4.90 Å². The summed E-state index contributed by atoms with van der Waals surface area (Å²) in [6.45, 7) is 4.95. The maximum Gasteiger partial charge on any atom is 0.263 e. The maximum atomic E-state index is 12.4. The Morgan fingerprint density at radius 1 is 1.23 bits per heavy atom. The zero-order chi connectivity index (χ0) is 18.7. The van der Waals surface area contributed by atoms with Crippen LogP contribution in [0.4, 0.5) is 11.4 Å². The minimum atomic E-state index is -3.68. The summed E-state index contributed by atoms with van der Waals surface area (Å²) in [6.07, 6.45) is 4.84. The minimum absolute atomic E-state index is 0.117. The van der Waals surface area contributed by atoms with Gasteiger partial charge in [-0.3, -0.25) is 14.5 Å². The van der Waals surface area contributed by atoms with Crippen LogP contribution in [0.2, 0.25) is 0 Å². The molecule has 1 aliphatic heterocycles. The van der Waals surface area contributed by atoms with Crippen LogP contribution < -0.4 is 9.62 Å². The van der Waals surface area contributed by atoms with Crippen LogP contribution in [0.3, 0.4) is 0 Å². The van der Waals surface area contributed by atoms with Crippen LogP contribution in [-0.4, -0.2) is 25.9 Å². The molecule has 0 saturated heterocycles. The highest BCUT2D eigenvalue weighted by atomic mass is 32.2. The largest absolute Gasteiger partial charge is 0.312 e. The van der Waals surface area contributed by atoms with E-state index in [0.717, 1.165) is 17.7 Å². The molecule has 3 rings (SSSR count). The highest BCUT2D eigenvalue weighted by Crippen LogP contribution is 2.31. The van der Waals surface area contributed by atoms with Crippen LogP contribution in [-0.2, 0) is 21.2 Å². The second-order valence-corrected chi connectivity index (χ2v) is 8.55. The first-order valence-electron chi connectivity index (χ1n) is 8.73. The van der Waals surface area contributed by atoms with Gasteiger partial charge in [-0.2, -0.15) is 0 Å². The number of hydrogen-bond donors (Lipinski definition) is 1. The van der Waals surface area contributed by atoms with E-state index < -0.39 is 10.0 Å². The molecule has 1 aromatic heterocycles. The number of carbonyl (C=O) groups is 1. The third kappa shape index (κ3) is 4.04. The molecule has 1 aliphatic rings. The van der Waals surface area contributed by atoms with Gasteiger partial charge in [0.15, 0.2) is 0 Å². The fraction of sp³-hybridized carbons (Fsp3) is 0.368. The molecule has 26 heavy (non-hydrogen) atoms. The van der Waals surface area contributed by atoms with Gasteiger partial charge in [-0.25, -0.2) is 8.42 Å². The Morgan fingerprint density at radius 3 is 2.73 bits per heavy atom. The number of nitrogens with one attached hydrogen (secondary N) is 1. The normalized spacial score (nSPS) is 14.4. The number of rotatable bonds is 6. The fourth-order valence-electron chi connectivity index (χ4n) is 2.98. The maximum absolute atomic E-state index is 12.4. The third-order valence-corrected chi connectivity index (χ3v) is 5.77. The summed E-state index contributed by atoms with van der Waals surface area (Å²) in [5, 5.41) is 0. The molecule has 0 saturated carbocycles. The molecule has 1 N–H and O–H groups in total. The molecule has 2 heterocycles. The SMILES string of the molecule is CC(C)CCN1C(=O)CCc2cc(NS(=O)(=O)c3cccnc3)ccc21. The first-order valence-corrected chi connectivity index (χ1v) is 10.2. The molecule has 2 aromatic rings. The number of aryl methyl sites for hydroxylation is 1. The van der Waals surface area contributed by atoms with Crippen LogP contribution in [0, 0.1) is 5.92 Å². The average molecular weight is 373 g/mol. The van der Waals surface area contributed by atoms with E-state index in [1.165, 1.54) is 18.5 Å². The standard InChI is InChI=1S/C19H23N3O3S/c1-14(2)9-11-22-18-7-6-16(12-15(18)5-8-19(22)23)21-26(24,25)17-4-3-10-20-13-17/h3-4,6-7,10,12-14,21H,5,8-9,11H2,1-2H3. The number of amides is 1. The van der Waals surface area contributed by atoms with E-state index in [2.05, 4.69) is 23.6 Å². The van der Waals surface area contributed by atoms with Gasteiger partial charge in [-0.1, -0.05) is 13.8 Å². The van der Waals surface area contributed by atoms with Gasteiger partial charge < -0.3 is 4.90 Å². The average Bonchev–Trinajstić information content (AvgIpc) is 2.61. The van der Waals surface area contributed by atoms with Gasteiger partial charge in [0, 0.05) is 36.7 Å². The molecule has 0 spiro atoms. The molecule has 7 heteroatoms. The lowest BCUT2D eigenvalue weighted by atomic mass is 9.99. The Labute approximate surface area is 154 Å². The first kappa shape index (κ1) is 18.4. The van der Waals surface area contributed by atoms with E-state index in [9.17, 15) is 13.2 Å². The van der Waals surface area contributed by atoms with E-state index >= 15 is 0 Å². The van der Waals surface area contributed by atoms with E-state index in [-0.39, 0.29) is 10.8 Å². The summed E-state index contributed by atoms with van der Waals surface area (Å²) in [7, 11) is -3.68. The highest BCUT2D eigenvalue weighted by Gasteiger charge is 2.25. The van der Waals surface area contributed by atoms with Crippen LogP contribution in [0.5, 0.6) is 0 Å². The van der Waals surface area contributed by atoms with Crippen molar-refractivity contribution in [3.63, 3.8) is 0 Å². The molecule has 0 atom stereocenters. The second kappa shape index (κ2) is 7.45. The zero-order valence-corrected chi connectivity index (χ0v) is 15.8. The van der Waals surface area contributed by atoms with Crippen LogP contribution in [0.25, 0.3) is 0 Å². The summed E-state index contributed by atoms with van der Waals surface area (Å²) in [5.74, 6) is 0.639. The smallest absolute Gasteiger partial charge is 0.263 e. The van der Waals surface area contributed by atoms with Crippen molar-refractivity contribution in [2.45, 2.75) is 38.0 Å². The minimum Gasteiger partial charge on any atom is -0.312 e. The Kier molecular flexibility index (Phi) is 5.27. The summed E-state index contributed by atoms with van der Waals surface area (Å²) >= 11 is 0. The van der Waals surface area contributed by atoms with Crippen LogP contribution in [0.15, 0.2) is 47.6 Å². The molecule has 1 aromatic carbocycles. The van der Waals surface area contributed by atoms with Crippen molar-refractivity contribution in [1.82, 2.24) is 4.98 Å². The number of hydrogen-bond acceptors (Lipinski definition) is 4. The Balaban J connectivity index is 1.84. The van der Waals surface area contributed by atoms with Crippen molar-refractivity contribution in [2.24, 2.45) is 5.92 Å². The molecule has 0 aliphatic carbocycles. The Morgan fingerprint density at radius 2 is 2.04 bits per heavy atom. The van der Waals surface area contributed by atoms with Crippen molar-refractivity contribution < 1.29 is 13.2 Å². The number of nitrogens with zero attached hydrogens (tertiary/aromatic N) is 2. The van der Waals surface area contributed by atoms with Crippen molar-refractivity contribution in [2.75, 3.05) is 16.2 Å². The monoisotopic (exact) mass is 373 g/mol. The Hall–Kier alpha value is -2.41. The lowest BCUT2D eigenvalue weighted by Gasteiger charge is -2.30. The van der Waals surface area contributed by atoms with Crippen molar-refractivity contribution in [1.29, 1.82) is 0 Å². The summed E-state index contributed by atoms with van der Waals surface area (Å²) in [4.78, 5) is 18.1. The van der Waals surface area contributed by atoms with Crippen LogP contribution in [0.1, 0.15) is 32.3 Å². The fourth-order valence-corrected chi connectivity index (χ4v) is 3.99. The van der Waals surface area contributed by atoms with Gasteiger partial charge in [0.05, 0.1) is 0 Å².